The van der Waals surface area contributed by atoms with Crippen molar-refractivity contribution in [2.75, 3.05) is 24.5 Å². The lowest BCUT2D eigenvalue weighted by Gasteiger charge is -2.20. The van der Waals surface area contributed by atoms with E-state index in [1.54, 1.807) is 23.1 Å². The van der Waals surface area contributed by atoms with E-state index in [0.717, 1.165) is 6.07 Å². The number of aliphatic hydroxyl groups is 1. The molecule has 3 N–H and O–H groups in total. The van der Waals surface area contributed by atoms with Crippen LogP contribution in [0.3, 0.4) is 0 Å². The number of nitrogens with one attached hydrogen (secondary N) is 2. The van der Waals surface area contributed by atoms with E-state index in [-0.39, 0.29) is 12.6 Å². The Bertz CT molecular complexity index is 849. The van der Waals surface area contributed by atoms with Crippen LogP contribution in [-0.2, 0) is 0 Å². The van der Waals surface area contributed by atoms with E-state index in [2.05, 4.69) is 10.6 Å². The number of halogens is 4. The number of rotatable bonds is 5. The summed E-state index contributed by atoms with van der Waals surface area (Å²) in [6, 6.07) is 7.49. The third kappa shape index (κ3) is 5.25. The Morgan fingerprint density at radius 1 is 1.21 bits per heavy atom. The first kappa shape index (κ1) is 20.6. The summed E-state index contributed by atoms with van der Waals surface area (Å²) in [7, 11) is 0. The number of hydrogen-bond donors (Lipinski definition) is 3. The molecule has 2 aromatic rings. The second-order valence-corrected chi connectivity index (χ2v) is 7.47. The summed E-state index contributed by atoms with van der Waals surface area (Å²) in [4.78, 5) is 13.8. The molecule has 1 heterocycles. The number of urea groups is 1. The Kier molecular flexibility index (Phi) is 6.59. The number of hydrogen-bond acceptors (Lipinski definition) is 3. The molecule has 0 aliphatic carbocycles. The minimum absolute atomic E-state index is 0.0223. The highest BCUT2D eigenvalue weighted by molar-refractivity contribution is 6.34. The van der Waals surface area contributed by atoms with E-state index in [4.69, 9.17) is 23.2 Å². The van der Waals surface area contributed by atoms with Gasteiger partial charge in [0.25, 0.3) is 0 Å². The first-order chi connectivity index (χ1) is 13.3. The minimum Gasteiger partial charge on any atom is -0.387 e. The molecule has 2 unspecified atom stereocenters. The fourth-order valence-corrected chi connectivity index (χ4v) is 3.69. The Morgan fingerprint density at radius 3 is 2.61 bits per heavy atom. The van der Waals surface area contributed by atoms with Crippen LogP contribution in [0.4, 0.5) is 19.3 Å². The summed E-state index contributed by atoms with van der Waals surface area (Å²) in [5, 5.41) is 16.3. The SMILES string of the molecule is O=C(NCC(O)c1cc(Cl)cc(Cl)c1)NC1CCN(c2ccc(F)cc2F)C1. The number of anilines is 1. The number of carbonyl (C=O) groups is 1. The van der Waals surface area contributed by atoms with Crippen LogP contribution in [0.5, 0.6) is 0 Å². The Labute approximate surface area is 171 Å². The molecule has 9 heteroatoms. The monoisotopic (exact) mass is 429 g/mol. The Balaban J connectivity index is 1.49. The highest BCUT2D eigenvalue weighted by Gasteiger charge is 2.26. The van der Waals surface area contributed by atoms with Crippen molar-refractivity contribution in [2.24, 2.45) is 0 Å². The number of benzene rings is 2. The molecule has 150 valence electrons. The van der Waals surface area contributed by atoms with Gasteiger partial charge in [-0.25, -0.2) is 13.6 Å². The number of aliphatic hydroxyl groups excluding tert-OH is 1. The van der Waals surface area contributed by atoms with Crippen molar-refractivity contribution < 1.29 is 18.7 Å². The third-order valence-electron chi connectivity index (χ3n) is 4.50. The van der Waals surface area contributed by atoms with Crippen LogP contribution in [0.25, 0.3) is 0 Å². The van der Waals surface area contributed by atoms with Gasteiger partial charge in [-0.15, -0.1) is 0 Å². The van der Waals surface area contributed by atoms with E-state index in [1.807, 2.05) is 0 Å². The van der Waals surface area contributed by atoms with Gasteiger partial charge in [0.2, 0.25) is 0 Å². The highest BCUT2D eigenvalue weighted by atomic mass is 35.5. The van der Waals surface area contributed by atoms with Crippen molar-refractivity contribution in [2.45, 2.75) is 18.6 Å². The molecule has 2 aromatic carbocycles. The Morgan fingerprint density at radius 2 is 1.93 bits per heavy atom. The zero-order valence-corrected chi connectivity index (χ0v) is 16.3. The molecule has 1 aliphatic rings. The normalized spacial score (nSPS) is 17.5. The van der Waals surface area contributed by atoms with E-state index >= 15 is 0 Å². The topological polar surface area (TPSA) is 64.6 Å². The lowest BCUT2D eigenvalue weighted by molar-refractivity contribution is 0.172. The van der Waals surface area contributed by atoms with Crippen LogP contribution in [0.1, 0.15) is 18.1 Å². The first-order valence-electron chi connectivity index (χ1n) is 8.70. The smallest absolute Gasteiger partial charge is 0.315 e. The third-order valence-corrected chi connectivity index (χ3v) is 4.94. The molecular formula is C19H19Cl2F2N3O2. The van der Waals surface area contributed by atoms with E-state index in [0.29, 0.717) is 40.8 Å². The van der Waals surface area contributed by atoms with Gasteiger partial charge >= 0.3 is 6.03 Å². The van der Waals surface area contributed by atoms with Gasteiger partial charge in [0.15, 0.2) is 0 Å². The summed E-state index contributed by atoms with van der Waals surface area (Å²) in [5.74, 6) is -1.26. The summed E-state index contributed by atoms with van der Waals surface area (Å²) in [5.41, 5.74) is 0.802. The molecule has 5 nitrogen and oxygen atoms in total. The van der Waals surface area contributed by atoms with Crippen molar-refractivity contribution in [1.82, 2.24) is 10.6 Å². The second-order valence-electron chi connectivity index (χ2n) is 6.60. The highest BCUT2D eigenvalue weighted by Crippen LogP contribution is 2.25. The average Bonchev–Trinajstić information content (AvgIpc) is 3.06. The van der Waals surface area contributed by atoms with Crippen LogP contribution in [0, 0.1) is 11.6 Å². The molecule has 28 heavy (non-hydrogen) atoms. The van der Waals surface area contributed by atoms with Crippen molar-refractivity contribution in [3.05, 3.63) is 63.6 Å². The summed E-state index contributed by atoms with van der Waals surface area (Å²) in [6.45, 7) is 0.922. The molecule has 1 fully saturated rings. The van der Waals surface area contributed by atoms with Gasteiger partial charge in [0.05, 0.1) is 11.8 Å². The lowest BCUT2D eigenvalue weighted by Crippen LogP contribution is -2.44. The molecular weight excluding hydrogens is 411 g/mol. The average molecular weight is 430 g/mol. The largest absolute Gasteiger partial charge is 0.387 e. The zero-order chi connectivity index (χ0) is 20.3. The van der Waals surface area contributed by atoms with E-state index < -0.39 is 23.8 Å². The number of amides is 2. The van der Waals surface area contributed by atoms with Crippen LogP contribution in [0.2, 0.25) is 10.0 Å². The fourth-order valence-electron chi connectivity index (χ4n) is 3.15. The van der Waals surface area contributed by atoms with Crippen LogP contribution in [0.15, 0.2) is 36.4 Å². The van der Waals surface area contributed by atoms with Gasteiger partial charge < -0.3 is 20.6 Å². The predicted octanol–water partition coefficient (Wildman–Crippen LogP) is 3.88. The van der Waals surface area contributed by atoms with Crippen molar-refractivity contribution >= 4 is 34.9 Å². The molecule has 0 radical (unpaired) electrons. The molecule has 3 rings (SSSR count). The van der Waals surface area contributed by atoms with Crippen LogP contribution in [-0.4, -0.2) is 36.8 Å². The predicted molar refractivity (Wildman–Crippen MR) is 105 cm³/mol. The van der Waals surface area contributed by atoms with Gasteiger partial charge in [0.1, 0.15) is 11.6 Å². The maximum Gasteiger partial charge on any atom is 0.315 e. The van der Waals surface area contributed by atoms with Crippen molar-refractivity contribution in [3.63, 3.8) is 0 Å². The van der Waals surface area contributed by atoms with Crippen LogP contribution >= 0.6 is 23.2 Å². The minimum atomic E-state index is -0.963. The molecule has 0 saturated carbocycles. The maximum atomic E-state index is 13.9. The van der Waals surface area contributed by atoms with Crippen molar-refractivity contribution in [3.8, 4) is 0 Å². The summed E-state index contributed by atoms with van der Waals surface area (Å²) >= 11 is 11.8. The van der Waals surface area contributed by atoms with Gasteiger partial charge in [-0.2, -0.15) is 0 Å². The number of carbonyl (C=O) groups excluding carboxylic acids is 1. The van der Waals surface area contributed by atoms with E-state index in [9.17, 15) is 18.7 Å². The molecule has 2 atom stereocenters. The standard InChI is InChI=1S/C19H19Cl2F2N3O2/c20-12-5-11(6-13(21)7-12)18(27)9-24-19(28)25-15-3-4-26(10-15)17-2-1-14(22)8-16(17)23/h1-2,5-8,15,18,27H,3-4,9-10H2,(H2,24,25,28). The Hall–Kier alpha value is -2.09. The molecule has 0 spiro atoms. The first-order valence-corrected chi connectivity index (χ1v) is 9.46. The number of nitrogens with zero attached hydrogens (tertiary/aromatic N) is 1. The molecule has 1 saturated heterocycles. The van der Waals surface area contributed by atoms with Crippen molar-refractivity contribution in [1.29, 1.82) is 0 Å². The molecule has 0 aromatic heterocycles. The van der Waals surface area contributed by atoms with Gasteiger partial charge in [-0.3, -0.25) is 0 Å². The maximum absolute atomic E-state index is 13.9. The fraction of sp³-hybridized carbons (Fsp3) is 0.316. The molecule has 0 bridgehead atoms. The van der Waals surface area contributed by atoms with Crippen LogP contribution < -0.4 is 15.5 Å². The summed E-state index contributed by atoms with van der Waals surface area (Å²) < 4.78 is 26.9. The second kappa shape index (κ2) is 8.94. The lowest BCUT2D eigenvalue weighted by atomic mass is 10.1. The van der Waals surface area contributed by atoms with E-state index in [1.165, 1.54) is 12.1 Å². The zero-order valence-electron chi connectivity index (χ0n) is 14.8. The van der Waals surface area contributed by atoms with Gasteiger partial charge in [-0.1, -0.05) is 23.2 Å². The van der Waals surface area contributed by atoms with Gasteiger partial charge in [0, 0.05) is 41.8 Å². The van der Waals surface area contributed by atoms with Gasteiger partial charge in [-0.05, 0) is 42.3 Å². The molecule has 1 aliphatic heterocycles. The quantitative estimate of drug-likeness (QED) is 0.675. The molecule has 2 amide bonds. The summed E-state index contributed by atoms with van der Waals surface area (Å²) in [6.07, 6.45) is -0.341.